The summed E-state index contributed by atoms with van der Waals surface area (Å²) in [6.45, 7) is 5.68. The van der Waals surface area contributed by atoms with Crippen LogP contribution in [0.4, 0.5) is 0 Å². The Labute approximate surface area is 139 Å². The van der Waals surface area contributed by atoms with Gasteiger partial charge in [0.15, 0.2) is 0 Å². The summed E-state index contributed by atoms with van der Waals surface area (Å²) in [6.07, 6.45) is 3.88. The average molecular weight is 316 g/mol. The number of amides is 1. The van der Waals surface area contributed by atoms with Crippen molar-refractivity contribution < 1.29 is 9.90 Å². The van der Waals surface area contributed by atoms with Crippen LogP contribution < -0.4 is 0 Å². The molecule has 1 aliphatic carbocycles. The van der Waals surface area contributed by atoms with Crippen LogP contribution in [0.2, 0.25) is 0 Å². The molecule has 2 aliphatic rings. The monoisotopic (exact) mass is 316 g/mol. The molecule has 3 rings (SSSR count). The maximum Gasteiger partial charge on any atom is 0.229 e. The highest BCUT2D eigenvalue weighted by Gasteiger charge is 2.51. The van der Waals surface area contributed by atoms with Gasteiger partial charge >= 0.3 is 0 Å². The molecule has 4 heteroatoms. The SMILES string of the molecule is CCC(CO)N1CCN(C(=O)C2(Cc3ccccc3)CC2)CC1. The Morgan fingerprint density at radius 2 is 1.83 bits per heavy atom. The first-order valence-electron chi connectivity index (χ1n) is 8.87. The second kappa shape index (κ2) is 7.02. The van der Waals surface area contributed by atoms with Crippen molar-refractivity contribution in [2.45, 2.75) is 38.6 Å². The van der Waals surface area contributed by atoms with E-state index < -0.39 is 0 Å². The highest BCUT2D eigenvalue weighted by atomic mass is 16.3. The van der Waals surface area contributed by atoms with Crippen molar-refractivity contribution in [3.05, 3.63) is 35.9 Å². The topological polar surface area (TPSA) is 43.8 Å². The van der Waals surface area contributed by atoms with E-state index in [4.69, 9.17) is 0 Å². The van der Waals surface area contributed by atoms with Gasteiger partial charge in [-0.3, -0.25) is 9.69 Å². The Balaban J connectivity index is 1.57. The summed E-state index contributed by atoms with van der Waals surface area (Å²) in [4.78, 5) is 17.3. The van der Waals surface area contributed by atoms with E-state index in [1.165, 1.54) is 5.56 Å². The maximum absolute atomic E-state index is 13.0. The Morgan fingerprint density at radius 1 is 1.17 bits per heavy atom. The molecule has 1 heterocycles. The van der Waals surface area contributed by atoms with Crippen LogP contribution in [0, 0.1) is 5.41 Å². The van der Waals surface area contributed by atoms with Crippen molar-refractivity contribution in [2.24, 2.45) is 5.41 Å². The summed E-state index contributed by atoms with van der Waals surface area (Å²) in [5.74, 6) is 0.345. The molecule has 126 valence electrons. The minimum Gasteiger partial charge on any atom is -0.395 e. The van der Waals surface area contributed by atoms with E-state index >= 15 is 0 Å². The van der Waals surface area contributed by atoms with Gasteiger partial charge in [0.1, 0.15) is 0 Å². The number of hydrogen-bond donors (Lipinski definition) is 1. The summed E-state index contributed by atoms with van der Waals surface area (Å²) in [7, 11) is 0. The molecular formula is C19H28N2O2. The number of piperazine rings is 1. The minimum atomic E-state index is -0.134. The van der Waals surface area contributed by atoms with Crippen molar-refractivity contribution >= 4 is 5.91 Å². The molecule has 23 heavy (non-hydrogen) atoms. The molecule has 1 amide bonds. The molecule has 1 saturated heterocycles. The fraction of sp³-hybridized carbons (Fsp3) is 0.632. The largest absolute Gasteiger partial charge is 0.395 e. The predicted molar refractivity (Wildman–Crippen MR) is 91.1 cm³/mol. The maximum atomic E-state index is 13.0. The Morgan fingerprint density at radius 3 is 2.35 bits per heavy atom. The first-order chi connectivity index (χ1) is 11.2. The van der Waals surface area contributed by atoms with Crippen LogP contribution in [-0.4, -0.2) is 59.6 Å². The Kier molecular flexibility index (Phi) is 5.02. The standard InChI is InChI=1S/C19H28N2O2/c1-2-17(15-22)20-10-12-21(13-11-20)18(23)19(8-9-19)14-16-6-4-3-5-7-16/h3-7,17,22H,2,8-15H2,1H3. The smallest absolute Gasteiger partial charge is 0.229 e. The molecule has 1 N–H and O–H groups in total. The zero-order valence-electron chi connectivity index (χ0n) is 14.1. The molecule has 1 saturated carbocycles. The molecule has 1 aromatic carbocycles. The van der Waals surface area contributed by atoms with Gasteiger partial charge in [-0.05, 0) is 31.2 Å². The fourth-order valence-corrected chi connectivity index (χ4v) is 3.73. The van der Waals surface area contributed by atoms with E-state index in [0.717, 1.165) is 51.9 Å². The number of hydrogen-bond acceptors (Lipinski definition) is 3. The number of benzene rings is 1. The van der Waals surface area contributed by atoms with Crippen molar-refractivity contribution in [3.8, 4) is 0 Å². The van der Waals surface area contributed by atoms with Gasteiger partial charge < -0.3 is 10.0 Å². The quantitative estimate of drug-likeness (QED) is 0.872. The zero-order valence-corrected chi connectivity index (χ0v) is 14.1. The van der Waals surface area contributed by atoms with Crippen LogP contribution in [0.25, 0.3) is 0 Å². The third-order valence-electron chi connectivity index (χ3n) is 5.49. The lowest BCUT2D eigenvalue weighted by atomic mass is 9.94. The van der Waals surface area contributed by atoms with E-state index in [2.05, 4.69) is 41.0 Å². The van der Waals surface area contributed by atoms with Crippen LogP contribution in [0.1, 0.15) is 31.7 Å². The summed E-state index contributed by atoms with van der Waals surface area (Å²) in [5.41, 5.74) is 1.13. The lowest BCUT2D eigenvalue weighted by Crippen LogP contribution is -2.54. The van der Waals surface area contributed by atoms with E-state index in [9.17, 15) is 9.90 Å². The third-order valence-corrected chi connectivity index (χ3v) is 5.49. The van der Waals surface area contributed by atoms with Gasteiger partial charge in [-0.15, -0.1) is 0 Å². The van der Waals surface area contributed by atoms with Gasteiger partial charge in [0.2, 0.25) is 5.91 Å². The van der Waals surface area contributed by atoms with Gasteiger partial charge in [-0.2, -0.15) is 0 Å². The molecule has 0 radical (unpaired) electrons. The van der Waals surface area contributed by atoms with Gasteiger partial charge in [0, 0.05) is 32.2 Å². The molecule has 4 nitrogen and oxygen atoms in total. The van der Waals surface area contributed by atoms with Gasteiger partial charge in [-0.1, -0.05) is 37.3 Å². The number of rotatable bonds is 6. The van der Waals surface area contributed by atoms with Crippen LogP contribution in [0.3, 0.4) is 0 Å². The molecule has 0 aromatic heterocycles. The predicted octanol–water partition coefficient (Wildman–Crippen LogP) is 1.92. The molecule has 1 atom stereocenters. The summed E-state index contributed by atoms with van der Waals surface area (Å²) < 4.78 is 0. The molecule has 1 aliphatic heterocycles. The molecule has 1 unspecified atom stereocenters. The number of aliphatic hydroxyl groups is 1. The Bertz CT molecular complexity index is 515. The van der Waals surface area contributed by atoms with Crippen LogP contribution in [0.5, 0.6) is 0 Å². The molecule has 2 fully saturated rings. The number of nitrogens with zero attached hydrogens (tertiary/aromatic N) is 2. The van der Waals surface area contributed by atoms with E-state index in [-0.39, 0.29) is 18.1 Å². The van der Waals surface area contributed by atoms with Crippen molar-refractivity contribution in [2.75, 3.05) is 32.8 Å². The van der Waals surface area contributed by atoms with Gasteiger partial charge in [0.05, 0.1) is 12.0 Å². The second-order valence-electron chi connectivity index (χ2n) is 7.02. The lowest BCUT2D eigenvalue weighted by molar-refractivity contribution is -0.139. The molecule has 0 spiro atoms. The summed E-state index contributed by atoms with van der Waals surface area (Å²) in [5, 5.41) is 9.43. The molecule has 0 bridgehead atoms. The van der Waals surface area contributed by atoms with Crippen LogP contribution in [-0.2, 0) is 11.2 Å². The first kappa shape index (κ1) is 16.5. The second-order valence-corrected chi connectivity index (χ2v) is 7.02. The zero-order chi connectivity index (χ0) is 16.3. The van der Waals surface area contributed by atoms with E-state index in [1.54, 1.807) is 0 Å². The fourth-order valence-electron chi connectivity index (χ4n) is 3.73. The third kappa shape index (κ3) is 3.59. The number of carbonyl (C=O) groups excluding carboxylic acids is 1. The highest BCUT2D eigenvalue weighted by molar-refractivity contribution is 5.85. The van der Waals surface area contributed by atoms with Crippen LogP contribution in [0.15, 0.2) is 30.3 Å². The normalized spacial score (nSPS) is 21.9. The van der Waals surface area contributed by atoms with E-state index in [0.29, 0.717) is 5.91 Å². The molecular weight excluding hydrogens is 288 g/mol. The Hall–Kier alpha value is -1.39. The summed E-state index contributed by atoms with van der Waals surface area (Å²) in [6, 6.07) is 10.6. The van der Waals surface area contributed by atoms with Crippen molar-refractivity contribution in [1.82, 2.24) is 9.80 Å². The minimum absolute atomic E-state index is 0.134. The van der Waals surface area contributed by atoms with Gasteiger partial charge in [-0.25, -0.2) is 0 Å². The van der Waals surface area contributed by atoms with Crippen molar-refractivity contribution in [3.63, 3.8) is 0 Å². The van der Waals surface area contributed by atoms with Gasteiger partial charge in [0.25, 0.3) is 0 Å². The highest BCUT2D eigenvalue weighted by Crippen LogP contribution is 2.50. The lowest BCUT2D eigenvalue weighted by Gasteiger charge is -2.39. The van der Waals surface area contributed by atoms with Crippen LogP contribution >= 0.6 is 0 Å². The van der Waals surface area contributed by atoms with E-state index in [1.807, 2.05) is 6.07 Å². The number of carbonyl (C=O) groups is 1. The number of aliphatic hydroxyl groups excluding tert-OH is 1. The first-order valence-corrected chi connectivity index (χ1v) is 8.87. The molecule has 1 aromatic rings. The summed E-state index contributed by atoms with van der Waals surface area (Å²) >= 11 is 0. The average Bonchev–Trinajstić information content (AvgIpc) is 3.37. The van der Waals surface area contributed by atoms with Crippen molar-refractivity contribution in [1.29, 1.82) is 0 Å².